The highest BCUT2D eigenvalue weighted by molar-refractivity contribution is 6.04. The summed E-state index contributed by atoms with van der Waals surface area (Å²) in [6, 6.07) is 6.93. The molecule has 1 aromatic carbocycles. The summed E-state index contributed by atoms with van der Waals surface area (Å²) in [6.45, 7) is 5.00. The normalized spacial score (nSPS) is 15.0. The number of hydrogen-bond acceptors (Lipinski definition) is 4. The topological polar surface area (TPSA) is 96.5 Å². The van der Waals surface area contributed by atoms with E-state index < -0.39 is 17.6 Å². The molecule has 1 fully saturated rings. The molecule has 2 rings (SSSR count). The van der Waals surface area contributed by atoms with Crippen LogP contribution in [0.1, 0.15) is 52.9 Å². The van der Waals surface area contributed by atoms with Gasteiger partial charge in [-0.3, -0.25) is 9.59 Å². The van der Waals surface area contributed by atoms with Crippen LogP contribution in [0.4, 0.5) is 16.2 Å². The second-order valence-corrected chi connectivity index (χ2v) is 8.20. The molecule has 1 aliphatic carbocycles. The molecule has 7 nitrogen and oxygen atoms in total. The van der Waals surface area contributed by atoms with Gasteiger partial charge in [0.15, 0.2) is 0 Å². The molecule has 158 valence electrons. The highest BCUT2D eigenvalue weighted by atomic mass is 16.6. The number of amides is 3. The molecule has 1 saturated carbocycles. The van der Waals surface area contributed by atoms with Crippen molar-refractivity contribution in [1.82, 2.24) is 5.32 Å². The number of alkyl carbamates (subject to hydrolysis) is 1. The van der Waals surface area contributed by atoms with Crippen LogP contribution in [0.15, 0.2) is 36.4 Å². The lowest BCUT2D eigenvalue weighted by Gasteiger charge is -2.19. The zero-order valence-corrected chi connectivity index (χ0v) is 17.4. The maximum Gasteiger partial charge on any atom is 0.408 e. The number of hydrogen-bond donors (Lipinski definition) is 3. The highest BCUT2D eigenvalue weighted by Gasteiger charge is 2.17. The van der Waals surface area contributed by atoms with Crippen molar-refractivity contribution in [2.75, 3.05) is 17.2 Å². The number of nitrogens with one attached hydrogen (secondary N) is 3. The molecule has 1 aliphatic rings. The van der Waals surface area contributed by atoms with E-state index in [4.69, 9.17) is 4.74 Å². The van der Waals surface area contributed by atoms with Gasteiger partial charge in [0.1, 0.15) is 12.1 Å². The van der Waals surface area contributed by atoms with Crippen molar-refractivity contribution in [3.8, 4) is 0 Å². The van der Waals surface area contributed by atoms with Gasteiger partial charge in [-0.05, 0) is 57.7 Å². The Morgan fingerprint density at radius 1 is 1.03 bits per heavy atom. The standard InChI is InChI=1S/C22H31N3O4/c1-22(2,3)29-21(28)23-15-20(27)25-18-12-8-7-11-17(18)24-19(26)14-13-16-9-5-4-6-10-16/h7-8,11-14,16H,4-6,9-10,15H2,1-3H3,(H,23,28)(H,24,26)(H,25,27)/b14-13+. The monoisotopic (exact) mass is 401 g/mol. The fraction of sp³-hybridized carbons (Fsp3) is 0.500. The quantitative estimate of drug-likeness (QED) is 0.622. The summed E-state index contributed by atoms with van der Waals surface area (Å²) in [4.78, 5) is 36.1. The van der Waals surface area contributed by atoms with Crippen LogP contribution in [0.25, 0.3) is 0 Å². The third kappa shape index (κ3) is 8.81. The lowest BCUT2D eigenvalue weighted by atomic mass is 9.89. The molecule has 7 heteroatoms. The molecule has 3 N–H and O–H groups in total. The lowest BCUT2D eigenvalue weighted by molar-refractivity contribution is -0.115. The van der Waals surface area contributed by atoms with E-state index in [0.29, 0.717) is 17.3 Å². The first-order valence-corrected chi connectivity index (χ1v) is 10.1. The highest BCUT2D eigenvalue weighted by Crippen LogP contribution is 2.25. The number of benzene rings is 1. The van der Waals surface area contributed by atoms with Gasteiger partial charge in [-0.1, -0.05) is 37.5 Å². The lowest BCUT2D eigenvalue weighted by Crippen LogP contribution is -2.37. The van der Waals surface area contributed by atoms with E-state index in [1.807, 2.05) is 6.08 Å². The van der Waals surface area contributed by atoms with Gasteiger partial charge in [0.05, 0.1) is 11.4 Å². The van der Waals surface area contributed by atoms with Crippen LogP contribution in [0.2, 0.25) is 0 Å². The molecule has 3 amide bonds. The first-order chi connectivity index (χ1) is 13.7. The van der Waals surface area contributed by atoms with Gasteiger partial charge in [-0.2, -0.15) is 0 Å². The average molecular weight is 402 g/mol. The minimum Gasteiger partial charge on any atom is -0.444 e. The van der Waals surface area contributed by atoms with Crippen molar-refractivity contribution in [2.45, 2.75) is 58.5 Å². The van der Waals surface area contributed by atoms with Crippen molar-refractivity contribution in [1.29, 1.82) is 0 Å². The molecule has 29 heavy (non-hydrogen) atoms. The van der Waals surface area contributed by atoms with Crippen LogP contribution in [-0.2, 0) is 14.3 Å². The molecule has 0 spiro atoms. The van der Waals surface area contributed by atoms with Crippen LogP contribution in [0.5, 0.6) is 0 Å². The molecule has 0 heterocycles. The Balaban J connectivity index is 1.87. The molecule has 0 aliphatic heterocycles. The first-order valence-electron chi connectivity index (χ1n) is 10.1. The van der Waals surface area contributed by atoms with E-state index in [9.17, 15) is 14.4 Å². The first kappa shape index (κ1) is 22.5. The number of allylic oxidation sites excluding steroid dienone is 1. The zero-order valence-electron chi connectivity index (χ0n) is 17.4. The van der Waals surface area contributed by atoms with Crippen molar-refractivity contribution in [2.24, 2.45) is 5.92 Å². The van der Waals surface area contributed by atoms with E-state index in [1.165, 1.54) is 19.3 Å². The van der Waals surface area contributed by atoms with Crippen LogP contribution in [0.3, 0.4) is 0 Å². The number of ether oxygens (including phenoxy) is 1. The predicted octanol–water partition coefficient (Wildman–Crippen LogP) is 4.22. The van der Waals surface area contributed by atoms with Crippen molar-refractivity contribution in [3.05, 3.63) is 36.4 Å². The fourth-order valence-corrected chi connectivity index (χ4v) is 3.09. The Bertz CT molecular complexity index is 747. The Kier molecular flexibility index (Phi) is 8.24. The fourth-order valence-electron chi connectivity index (χ4n) is 3.09. The average Bonchev–Trinajstić information content (AvgIpc) is 2.66. The maximum absolute atomic E-state index is 12.3. The number of rotatable bonds is 6. The Morgan fingerprint density at radius 3 is 2.28 bits per heavy atom. The van der Waals surface area contributed by atoms with Crippen LogP contribution >= 0.6 is 0 Å². The van der Waals surface area contributed by atoms with Gasteiger partial charge >= 0.3 is 6.09 Å². The van der Waals surface area contributed by atoms with Gasteiger partial charge in [0, 0.05) is 0 Å². The molecule has 0 radical (unpaired) electrons. The Labute approximate surface area is 172 Å². The third-order valence-corrected chi connectivity index (χ3v) is 4.42. The second-order valence-electron chi connectivity index (χ2n) is 8.20. The van der Waals surface area contributed by atoms with Gasteiger partial charge in [-0.15, -0.1) is 0 Å². The summed E-state index contributed by atoms with van der Waals surface area (Å²) in [5.74, 6) is -0.192. The Morgan fingerprint density at radius 2 is 1.66 bits per heavy atom. The van der Waals surface area contributed by atoms with Crippen LogP contribution < -0.4 is 16.0 Å². The smallest absolute Gasteiger partial charge is 0.408 e. The van der Waals surface area contributed by atoms with Gasteiger partial charge in [-0.25, -0.2) is 4.79 Å². The minimum atomic E-state index is -0.665. The molecule has 0 aromatic heterocycles. The number of carbonyl (C=O) groups excluding carboxylic acids is 3. The third-order valence-electron chi connectivity index (χ3n) is 4.42. The Hall–Kier alpha value is -2.83. The minimum absolute atomic E-state index is 0.232. The summed E-state index contributed by atoms with van der Waals surface area (Å²) < 4.78 is 5.10. The largest absolute Gasteiger partial charge is 0.444 e. The molecule has 0 atom stereocenters. The van der Waals surface area contributed by atoms with E-state index >= 15 is 0 Å². The molecule has 0 bridgehead atoms. The van der Waals surface area contributed by atoms with E-state index in [1.54, 1.807) is 51.1 Å². The molecular formula is C22H31N3O4. The van der Waals surface area contributed by atoms with E-state index in [-0.39, 0.29) is 12.5 Å². The van der Waals surface area contributed by atoms with E-state index in [0.717, 1.165) is 12.8 Å². The summed E-state index contributed by atoms with van der Waals surface area (Å²) in [5.41, 5.74) is 0.321. The van der Waals surface area contributed by atoms with Crippen molar-refractivity contribution >= 4 is 29.3 Å². The maximum atomic E-state index is 12.3. The van der Waals surface area contributed by atoms with Gasteiger partial charge in [0.2, 0.25) is 11.8 Å². The number of anilines is 2. The summed E-state index contributed by atoms with van der Waals surface area (Å²) >= 11 is 0. The zero-order chi connectivity index (χ0) is 21.3. The summed E-state index contributed by atoms with van der Waals surface area (Å²) in [5, 5.41) is 7.89. The SMILES string of the molecule is CC(C)(C)OC(=O)NCC(=O)Nc1ccccc1NC(=O)/C=C/C1CCCCC1. The molecule has 0 saturated heterocycles. The summed E-state index contributed by atoms with van der Waals surface area (Å²) in [6.07, 6.45) is 8.82. The van der Waals surface area contributed by atoms with Gasteiger partial charge < -0.3 is 20.7 Å². The molecule has 0 unspecified atom stereocenters. The van der Waals surface area contributed by atoms with Crippen molar-refractivity contribution in [3.63, 3.8) is 0 Å². The molecule has 1 aromatic rings. The number of para-hydroxylation sites is 2. The van der Waals surface area contributed by atoms with Gasteiger partial charge in [0.25, 0.3) is 0 Å². The molecular weight excluding hydrogens is 370 g/mol. The summed E-state index contributed by atoms with van der Waals surface area (Å²) in [7, 11) is 0. The number of carbonyl (C=O) groups is 3. The second kappa shape index (κ2) is 10.6. The van der Waals surface area contributed by atoms with Crippen LogP contribution in [-0.4, -0.2) is 30.1 Å². The predicted molar refractivity (Wildman–Crippen MR) is 114 cm³/mol. The van der Waals surface area contributed by atoms with E-state index in [2.05, 4.69) is 16.0 Å². The van der Waals surface area contributed by atoms with Crippen molar-refractivity contribution < 1.29 is 19.1 Å². The van der Waals surface area contributed by atoms with Crippen LogP contribution in [0, 0.1) is 5.92 Å².